The number of halogens is 1. The lowest BCUT2D eigenvalue weighted by molar-refractivity contribution is -0.119. The standard InChI is InChI=1S/C17H14FNO4/c1-11-2-7-15(14(18)8-11)19-16(21)10-23-17(22)13-5-3-12(9-20)4-6-13/h2-9H,10H2,1H3,(H,19,21). The molecule has 2 aromatic rings. The van der Waals surface area contributed by atoms with Crippen molar-refractivity contribution >= 4 is 23.9 Å². The lowest BCUT2D eigenvalue weighted by Crippen LogP contribution is -2.21. The molecule has 1 amide bonds. The number of ether oxygens (including phenoxy) is 1. The third-order valence-electron chi connectivity index (χ3n) is 3.02. The molecule has 118 valence electrons. The van der Waals surface area contributed by atoms with Crippen molar-refractivity contribution in [3.63, 3.8) is 0 Å². The highest BCUT2D eigenvalue weighted by Crippen LogP contribution is 2.15. The second-order valence-electron chi connectivity index (χ2n) is 4.85. The zero-order valence-corrected chi connectivity index (χ0v) is 12.3. The van der Waals surface area contributed by atoms with Crippen LogP contribution < -0.4 is 5.32 Å². The second kappa shape index (κ2) is 7.31. The van der Waals surface area contributed by atoms with E-state index in [1.165, 1.54) is 36.4 Å². The molecule has 2 rings (SSSR count). The summed E-state index contributed by atoms with van der Waals surface area (Å²) < 4.78 is 18.4. The summed E-state index contributed by atoms with van der Waals surface area (Å²) in [5.41, 5.74) is 1.39. The van der Waals surface area contributed by atoms with E-state index in [1.54, 1.807) is 13.0 Å². The Morgan fingerprint density at radius 2 is 1.87 bits per heavy atom. The van der Waals surface area contributed by atoms with E-state index in [2.05, 4.69) is 5.32 Å². The van der Waals surface area contributed by atoms with Crippen molar-refractivity contribution in [2.45, 2.75) is 6.92 Å². The number of carbonyl (C=O) groups is 3. The fraction of sp³-hybridized carbons (Fsp3) is 0.118. The van der Waals surface area contributed by atoms with Gasteiger partial charge in [-0.05, 0) is 36.8 Å². The number of aldehydes is 1. The summed E-state index contributed by atoms with van der Waals surface area (Å²) in [5.74, 6) is -1.92. The van der Waals surface area contributed by atoms with Crippen molar-refractivity contribution in [2.75, 3.05) is 11.9 Å². The van der Waals surface area contributed by atoms with Gasteiger partial charge in [-0.2, -0.15) is 0 Å². The van der Waals surface area contributed by atoms with Gasteiger partial charge < -0.3 is 10.1 Å². The molecule has 0 unspecified atom stereocenters. The molecule has 0 atom stereocenters. The van der Waals surface area contributed by atoms with Crippen molar-refractivity contribution < 1.29 is 23.5 Å². The quantitative estimate of drug-likeness (QED) is 0.680. The monoisotopic (exact) mass is 315 g/mol. The van der Waals surface area contributed by atoms with Crippen LogP contribution in [0.25, 0.3) is 0 Å². The Balaban J connectivity index is 1.90. The van der Waals surface area contributed by atoms with Gasteiger partial charge >= 0.3 is 5.97 Å². The van der Waals surface area contributed by atoms with Gasteiger partial charge in [0.1, 0.15) is 12.1 Å². The van der Waals surface area contributed by atoms with Crippen LogP contribution in [-0.2, 0) is 9.53 Å². The van der Waals surface area contributed by atoms with E-state index < -0.39 is 24.3 Å². The third kappa shape index (κ3) is 4.47. The normalized spacial score (nSPS) is 10.0. The van der Waals surface area contributed by atoms with E-state index in [0.717, 1.165) is 5.56 Å². The van der Waals surface area contributed by atoms with Gasteiger partial charge in [0.2, 0.25) is 0 Å². The van der Waals surface area contributed by atoms with Crippen molar-refractivity contribution in [1.82, 2.24) is 0 Å². The highest BCUT2D eigenvalue weighted by molar-refractivity contribution is 5.95. The van der Waals surface area contributed by atoms with Crippen LogP contribution >= 0.6 is 0 Å². The van der Waals surface area contributed by atoms with Crippen molar-refractivity contribution in [3.8, 4) is 0 Å². The first-order valence-corrected chi connectivity index (χ1v) is 6.78. The number of amides is 1. The Hall–Kier alpha value is -3.02. The molecule has 0 fully saturated rings. The average molecular weight is 315 g/mol. The molecule has 0 saturated heterocycles. The fourth-order valence-electron chi connectivity index (χ4n) is 1.82. The molecule has 0 heterocycles. The number of anilines is 1. The zero-order valence-electron chi connectivity index (χ0n) is 12.3. The summed E-state index contributed by atoms with van der Waals surface area (Å²) in [6, 6.07) is 10.1. The minimum Gasteiger partial charge on any atom is -0.452 e. The largest absolute Gasteiger partial charge is 0.452 e. The molecular formula is C17H14FNO4. The van der Waals surface area contributed by atoms with Gasteiger partial charge in [0.25, 0.3) is 5.91 Å². The number of hydrogen-bond donors (Lipinski definition) is 1. The number of hydrogen-bond acceptors (Lipinski definition) is 4. The number of carbonyl (C=O) groups excluding carboxylic acids is 3. The summed E-state index contributed by atoms with van der Waals surface area (Å²) >= 11 is 0. The first-order chi connectivity index (χ1) is 11.0. The molecule has 0 bridgehead atoms. The summed E-state index contributed by atoms with van der Waals surface area (Å²) in [4.78, 5) is 34.0. The van der Waals surface area contributed by atoms with E-state index in [9.17, 15) is 18.8 Å². The van der Waals surface area contributed by atoms with Gasteiger partial charge in [-0.1, -0.05) is 18.2 Å². The Labute approximate surface area is 132 Å². The van der Waals surface area contributed by atoms with Crippen LogP contribution in [0.4, 0.5) is 10.1 Å². The van der Waals surface area contributed by atoms with E-state index in [-0.39, 0.29) is 11.3 Å². The van der Waals surface area contributed by atoms with Gasteiger partial charge in [-0.15, -0.1) is 0 Å². The second-order valence-corrected chi connectivity index (χ2v) is 4.85. The molecule has 0 radical (unpaired) electrons. The SMILES string of the molecule is Cc1ccc(NC(=O)COC(=O)c2ccc(C=O)cc2)c(F)c1. The lowest BCUT2D eigenvalue weighted by Gasteiger charge is -2.08. The van der Waals surface area contributed by atoms with E-state index in [4.69, 9.17) is 4.74 Å². The molecule has 1 N–H and O–H groups in total. The van der Waals surface area contributed by atoms with E-state index >= 15 is 0 Å². The maximum atomic E-state index is 13.6. The molecule has 23 heavy (non-hydrogen) atoms. The molecule has 0 saturated carbocycles. The predicted octanol–water partition coefficient (Wildman–Crippen LogP) is 2.74. The van der Waals surface area contributed by atoms with Crippen LogP contribution in [0.5, 0.6) is 0 Å². The number of aryl methyl sites for hydroxylation is 1. The molecule has 0 aliphatic heterocycles. The van der Waals surface area contributed by atoms with Gasteiger partial charge in [-0.3, -0.25) is 9.59 Å². The zero-order chi connectivity index (χ0) is 16.8. The van der Waals surface area contributed by atoms with E-state index in [0.29, 0.717) is 11.8 Å². The molecule has 2 aromatic carbocycles. The summed E-state index contributed by atoms with van der Waals surface area (Å²) in [6.45, 7) is 1.19. The van der Waals surface area contributed by atoms with Crippen LogP contribution in [-0.4, -0.2) is 24.8 Å². The Morgan fingerprint density at radius 1 is 1.17 bits per heavy atom. The molecule has 0 aromatic heterocycles. The molecule has 0 spiro atoms. The smallest absolute Gasteiger partial charge is 0.338 e. The van der Waals surface area contributed by atoms with Crippen LogP contribution in [0, 0.1) is 12.7 Å². The van der Waals surface area contributed by atoms with Gasteiger partial charge in [0.05, 0.1) is 11.3 Å². The van der Waals surface area contributed by atoms with Crippen LogP contribution in [0.15, 0.2) is 42.5 Å². The van der Waals surface area contributed by atoms with Crippen LogP contribution in [0.1, 0.15) is 26.3 Å². The molecule has 0 aliphatic rings. The summed E-state index contributed by atoms with van der Waals surface area (Å²) in [6.07, 6.45) is 0.651. The fourth-order valence-corrected chi connectivity index (χ4v) is 1.82. The summed E-state index contributed by atoms with van der Waals surface area (Å²) in [5, 5.41) is 2.33. The topological polar surface area (TPSA) is 72.5 Å². The minimum atomic E-state index is -0.707. The molecular weight excluding hydrogens is 301 g/mol. The Morgan fingerprint density at radius 3 is 2.48 bits per heavy atom. The van der Waals surface area contributed by atoms with Crippen molar-refractivity contribution in [2.24, 2.45) is 0 Å². The number of nitrogens with one attached hydrogen (secondary N) is 1. The maximum absolute atomic E-state index is 13.6. The average Bonchev–Trinajstić information content (AvgIpc) is 2.55. The highest BCUT2D eigenvalue weighted by Gasteiger charge is 2.12. The van der Waals surface area contributed by atoms with E-state index in [1.807, 2.05) is 0 Å². The third-order valence-corrected chi connectivity index (χ3v) is 3.02. The highest BCUT2D eigenvalue weighted by atomic mass is 19.1. The first kappa shape index (κ1) is 16.4. The minimum absolute atomic E-state index is 0.0204. The van der Waals surface area contributed by atoms with Crippen LogP contribution in [0.3, 0.4) is 0 Å². The van der Waals surface area contributed by atoms with Gasteiger partial charge in [0.15, 0.2) is 6.61 Å². The Kier molecular flexibility index (Phi) is 5.19. The number of benzene rings is 2. The maximum Gasteiger partial charge on any atom is 0.338 e. The number of esters is 1. The predicted molar refractivity (Wildman–Crippen MR) is 81.9 cm³/mol. The Bertz CT molecular complexity index is 741. The number of rotatable bonds is 5. The van der Waals surface area contributed by atoms with Crippen molar-refractivity contribution in [1.29, 1.82) is 0 Å². The van der Waals surface area contributed by atoms with Gasteiger partial charge in [0, 0.05) is 5.56 Å². The molecule has 5 nitrogen and oxygen atoms in total. The lowest BCUT2D eigenvalue weighted by atomic mass is 10.1. The van der Waals surface area contributed by atoms with Crippen molar-refractivity contribution in [3.05, 3.63) is 65.0 Å². The van der Waals surface area contributed by atoms with Crippen LogP contribution in [0.2, 0.25) is 0 Å². The first-order valence-electron chi connectivity index (χ1n) is 6.78. The molecule has 6 heteroatoms. The molecule has 0 aliphatic carbocycles. The van der Waals surface area contributed by atoms with Gasteiger partial charge in [-0.25, -0.2) is 9.18 Å². The summed E-state index contributed by atoms with van der Waals surface area (Å²) in [7, 11) is 0.